The topological polar surface area (TPSA) is 27.7 Å². The molecule has 0 fully saturated rings. The average Bonchev–Trinajstić information content (AvgIpc) is 2.45. The summed E-state index contributed by atoms with van der Waals surface area (Å²) in [5, 5.41) is 0. The highest BCUT2D eigenvalue weighted by Crippen LogP contribution is 2.29. The number of rotatable bonds is 5. The van der Waals surface area contributed by atoms with E-state index >= 15 is 0 Å². The standard InChI is InChI=1S/C15H15BrO3/c1-17-13-8-7-12(16)9-11(13)10-19-15-6-4-3-5-14(15)18-2/h3-9H,10H2,1-2H3. The van der Waals surface area contributed by atoms with Gasteiger partial charge in [-0.1, -0.05) is 28.1 Å². The Morgan fingerprint density at radius 2 is 1.58 bits per heavy atom. The Morgan fingerprint density at radius 1 is 0.895 bits per heavy atom. The lowest BCUT2D eigenvalue weighted by molar-refractivity contribution is 0.278. The van der Waals surface area contributed by atoms with Gasteiger partial charge in [-0.3, -0.25) is 0 Å². The van der Waals surface area contributed by atoms with E-state index in [0.29, 0.717) is 12.4 Å². The lowest BCUT2D eigenvalue weighted by atomic mass is 10.2. The van der Waals surface area contributed by atoms with Crippen LogP contribution in [0.2, 0.25) is 0 Å². The summed E-state index contributed by atoms with van der Waals surface area (Å²) in [5.74, 6) is 2.24. The van der Waals surface area contributed by atoms with E-state index in [1.807, 2.05) is 42.5 Å². The van der Waals surface area contributed by atoms with Crippen molar-refractivity contribution >= 4 is 15.9 Å². The van der Waals surface area contributed by atoms with Gasteiger partial charge in [-0.2, -0.15) is 0 Å². The predicted molar refractivity (Wildman–Crippen MR) is 78.0 cm³/mol. The molecule has 0 saturated heterocycles. The van der Waals surface area contributed by atoms with Crippen molar-refractivity contribution in [2.24, 2.45) is 0 Å². The number of ether oxygens (including phenoxy) is 3. The van der Waals surface area contributed by atoms with E-state index in [1.165, 1.54) is 0 Å². The van der Waals surface area contributed by atoms with Crippen LogP contribution in [0.1, 0.15) is 5.56 Å². The van der Waals surface area contributed by atoms with Gasteiger partial charge in [-0.25, -0.2) is 0 Å². The molecule has 0 aliphatic heterocycles. The van der Waals surface area contributed by atoms with Gasteiger partial charge in [0, 0.05) is 10.0 Å². The van der Waals surface area contributed by atoms with Gasteiger partial charge in [0.1, 0.15) is 12.4 Å². The average molecular weight is 323 g/mol. The SMILES string of the molecule is COc1ccc(Br)cc1COc1ccccc1OC. The highest BCUT2D eigenvalue weighted by molar-refractivity contribution is 9.10. The van der Waals surface area contributed by atoms with Crippen molar-refractivity contribution in [1.29, 1.82) is 0 Å². The Labute approximate surface area is 121 Å². The fraction of sp³-hybridized carbons (Fsp3) is 0.200. The summed E-state index contributed by atoms with van der Waals surface area (Å²) >= 11 is 3.44. The molecule has 4 heteroatoms. The number of hydrogen-bond acceptors (Lipinski definition) is 3. The first-order chi connectivity index (χ1) is 9.24. The van der Waals surface area contributed by atoms with Crippen molar-refractivity contribution in [1.82, 2.24) is 0 Å². The largest absolute Gasteiger partial charge is 0.496 e. The molecule has 0 spiro atoms. The maximum Gasteiger partial charge on any atom is 0.161 e. The fourth-order valence-electron chi connectivity index (χ4n) is 1.75. The molecule has 0 amide bonds. The van der Waals surface area contributed by atoms with Crippen molar-refractivity contribution in [2.45, 2.75) is 6.61 Å². The summed E-state index contributed by atoms with van der Waals surface area (Å²) in [6.07, 6.45) is 0. The van der Waals surface area contributed by atoms with Gasteiger partial charge in [0.25, 0.3) is 0 Å². The molecule has 0 atom stereocenters. The van der Waals surface area contributed by atoms with Crippen LogP contribution in [0.4, 0.5) is 0 Å². The number of para-hydroxylation sites is 2. The predicted octanol–water partition coefficient (Wildman–Crippen LogP) is 4.05. The summed E-state index contributed by atoms with van der Waals surface area (Å²) in [4.78, 5) is 0. The summed E-state index contributed by atoms with van der Waals surface area (Å²) in [6.45, 7) is 0.420. The molecule has 0 saturated carbocycles. The minimum atomic E-state index is 0.420. The highest BCUT2D eigenvalue weighted by atomic mass is 79.9. The van der Waals surface area contributed by atoms with Gasteiger partial charge in [-0.05, 0) is 30.3 Å². The first kappa shape index (κ1) is 13.7. The van der Waals surface area contributed by atoms with Crippen LogP contribution in [0.5, 0.6) is 17.2 Å². The van der Waals surface area contributed by atoms with Crippen LogP contribution in [0.15, 0.2) is 46.9 Å². The van der Waals surface area contributed by atoms with Crippen LogP contribution >= 0.6 is 15.9 Å². The first-order valence-corrected chi connectivity index (χ1v) is 6.62. The van der Waals surface area contributed by atoms with Crippen molar-refractivity contribution in [3.63, 3.8) is 0 Å². The molecule has 0 aliphatic carbocycles. The van der Waals surface area contributed by atoms with E-state index in [1.54, 1.807) is 14.2 Å². The van der Waals surface area contributed by atoms with Crippen LogP contribution in [-0.2, 0) is 6.61 Å². The zero-order valence-electron chi connectivity index (χ0n) is 10.9. The van der Waals surface area contributed by atoms with E-state index in [9.17, 15) is 0 Å². The molecular weight excluding hydrogens is 308 g/mol. The molecule has 0 bridgehead atoms. The summed E-state index contributed by atoms with van der Waals surface area (Å²) in [6, 6.07) is 13.4. The minimum Gasteiger partial charge on any atom is -0.496 e. The third-order valence-corrected chi connectivity index (χ3v) is 3.19. The number of hydrogen-bond donors (Lipinski definition) is 0. The Balaban J connectivity index is 2.16. The third-order valence-electron chi connectivity index (χ3n) is 2.69. The van der Waals surface area contributed by atoms with E-state index in [4.69, 9.17) is 14.2 Å². The molecule has 100 valence electrons. The van der Waals surface area contributed by atoms with E-state index in [0.717, 1.165) is 21.5 Å². The lowest BCUT2D eigenvalue weighted by Crippen LogP contribution is -2.00. The molecule has 2 aromatic rings. The molecule has 0 heterocycles. The van der Waals surface area contributed by atoms with Gasteiger partial charge in [0.2, 0.25) is 0 Å². The van der Waals surface area contributed by atoms with Gasteiger partial charge >= 0.3 is 0 Å². The second-order valence-electron chi connectivity index (χ2n) is 3.90. The molecule has 0 aromatic heterocycles. The quantitative estimate of drug-likeness (QED) is 0.831. The zero-order valence-corrected chi connectivity index (χ0v) is 12.4. The second-order valence-corrected chi connectivity index (χ2v) is 4.81. The summed E-state index contributed by atoms with van der Waals surface area (Å²) < 4.78 is 17.3. The molecule has 0 aliphatic rings. The summed E-state index contributed by atoms with van der Waals surface area (Å²) in [7, 11) is 3.28. The molecular formula is C15H15BrO3. The van der Waals surface area contributed by atoms with Gasteiger partial charge in [-0.15, -0.1) is 0 Å². The van der Waals surface area contributed by atoms with E-state index in [-0.39, 0.29) is 0 Å². The molecule has 19 heavy (non-hydrogen) atoms. The monoisotopic (exact) mass is 322 g/mol. The maximum atomic E-state index is 5.79. The third kappa shape index (κ3) is 3.41. The van der Waals surface area contributed by atoms with E-state index < -0.39 is 0 Å². The van der Waals surface area contributed by atoms with Crippen LogP contribution in [0.3, 0.4) is 0 Å². The molecule has 0 radical (unpaired) electrons. The fourth-order valence-corrected chi connectivity index (χ4v) is 2.16. The van der Waals surface area contributed by atoms with Crippen LogP contribution in [-0.4, -0.2) is 14.2 Å². The lowest BCUT2D eigenvalue weighted by Gasteiger charge is -2.12. The van der Waals surface area contributed by atoms with Crippen molar-refractivity contribution in [2.75, 3.05) is 14.2 Å². The van der Waals surface area contributed by atoms with Gasteiger partial charge in [0.05, 0.1) is 14.2 Å². The highest BCUT2D eigenvalue weighted by Gasteiger charge is 2.07. The number of halogens is 1. The number of benzene rings is 2. The number of methoxy groups -OCH3 is 2. The zero-order chi connectivity index (χ0) is 13.7. The van der Waals surface area contributed by atoms with Crippen molar-refractivity contribution in [3.8, 4) is 17.2 Å². The minimum absolute atomic E-state index is 0.420. The van der Waals surface area contributed by atoms with Gasteiger partial charge < -0.3 is 14.2 Å². The Hall–Kier alpha value is -1.68. The maximum absolute atomic E-state index is 5.79. The van der Waals surface area contributed by atoms with E-state index in [2.05, 4.69) is 15.9 Å². The molecule has 0 N–H and O–H groups in total. The Bertz CT molecular complexity index is 555. The summed E-state index contributed by atoms with van der Waals surface area (Å²) in [5.41, 5.74) is 0.975. The molecule has 3 nitrogen and oxygen atoms in total. The Kier molecular flexibility index (Phi) is 4.68. The molecule has 2 aromatic carbocycles. The second kappa shape index (κ2) is 6.48. The normalized spacial score (nSPS) is 10.1. The van der Waals surface area contributed by atoms with Crippen LogP contribution in [0, 0.1) is 0 Å². The van der Waals surface area contributed by atoms with Crippen LogP contribution < -0.4 is 14.2 Å². The smallest absolute Gasteiger partial charge is 0.161 e. The Morgan fingerprint density at radius 3 is 2.26 bits per heavy atom. The van der Waals surface area contributed by atoms with Gasteiger partial charge in [0.15, 0.2) is 11.5 Å². The first-order valence-electron chi connectivity index (χ1n) is 5.83. The van der Waals surface area contributed by atoms with Crippen LogP contribution in [0.25, 0.3) is 0 Å². The van der Waals surface area contributed by atoms with Crippen molar-refractivity contribution in [3.05, 3.63) is 52.5 Å². The van der Waals surface area contributed by atoms with Crippen molar-refractivity contribution < 1.29 is 14.2 Å². The molecule has 2 rings (SSSR count). The molecule has 0 unspecified atom stereocenters.